The molecule has 5 fully saturated rings. The molecule has 0 radical (unpaired) electrons. The Morgan fingerprint density at radius 1 is 0.865 bits per heavy atom. The van der Waals surface area contributed by atoms with Crippen molar-refractivity contribution in [2.45, 2.75) is 127 Å². The molecule has 4 N–H and O–H groups in total. The zero-order chi connectivity index (χ0) is 51.3. The molecule has 74 heavy (non-hydrogen) atoms. The number of thiazole rings is 1. The highest BCUT2D eigenvalue weighted by atomic mass is 32.1. The number of amides is 4. The summed E-state index contributed by atoms with van der Waals surface area (Å²) < 4.78 is 41.7. The summed E-state index contributed by atoms with van der Waals surface area (Å²) in [4.78, 5) is 79.7. The van der Waals surface area contributed by atoms with Crippen molar-refractivity contribution in [3.63, 3.8) is 0 Å². The molecule has 2 aromatic carbocycles. The summed E-state index contributed by atoms with van der Waals surface area (Å²) in [5.74, 6) is 1.34. The molecule has 18 nitrogen and oxygen atoms in total. The van der Waals surface area contributed by atoms with E-state index in [4.69, 9.17) is 33.9 Å². The van der Waals surface area contributed by atoms with Gasteiger partial charge in [0.2, 0.25) is 18.0 Å². The molecule has 388 valence electrons. The van der Waals surface area contributed by atoms with Gasteiger partial charge in [-0.3, -0.25) is 14.2 Å². The van der Waals surface area contributed by atoms with Gasteiger partial charge < -0.3 is 49.3 Å². The van der Waals surface area contributed by atoms with Crippen LogP contribution in [0.2, 0.25) is 0 Å². The van der Waals surface area contributed by atoms with E-state index >= 15 is 4.39 Å². The minimum absolute atomic E-state index is 0.0755. The van der Waals surface area contributed by atoms with Gasteiger partial charge in [-0.2, -0.15) is 0 Å². The number of carbonyl (C=O) groups excluding carboxylic acids is 4. The van der Waals surface area contributed by atoms with Gasteiger partial charge in [0.1, 0.15) is 35.3 Å². The number of aromatic nitrogens is 6. The SMILES string of the molecule is COC(=O)N[C@H](C(=O)N1CCC[C@H]1c1ncc(-c2cc(F)c3c(c2)OC(c2ncc(C4CC4)s2)n2c-3cc3cc(-c4cnc([C@@H]5C[C@H]6C[C@H]6N5C(=O)[C@@H](NC(=O)OC)C5CCOC(C)(C)C5)[nH]4)ccc32)[nH]1)C(C)C. The molecule has 4 aromatic heterocycles. The molecule has 4 amide bonds. The summed E-state index contributed by atoms with van der Waals surface area (Å²) in [5, 5.41) is 7.22. The van der Waals surface area contributed by atoms with Crippen LogP contribution >= 0.6 is 11.3 Å². The second-order valence-electron chi connectivity index (χ2n) is 21.8. The predicted octanol–water partition coefficient (Wildman–Crippen LogP) is 9.14. The number of piperidine rings is 1. The lowest BCUT2D eigenvalue weighted by molar-refractivity contribution is -0.140. The van der Waals surface area contributed by atoms with Gasteiger partial charge in [-0.25, -0.2) is 28.9 Å². The molecule has 0 spiro atoms. The van der Waals surface area contributed by atoms with E-state index in [0.717, 1.165) is 59.3 Å². The fourth-order valence-corrected chi connectivity index (χ4v) is 13.1. The van der Waals surface area contributed by atoms with Crippen molar-refractivity contribution in [3.05, 3.63) is 82.3 Å². The van der Waals surface area contributed by atoms with E-state index in [0.29, 0.717) is 84.2 Å². The van der Waals surface area contributed by atoms with Crippen LogP contribution in [0.1, 0.15) is 125 Å². The molecule has 4 aliphatic heterocycles. The Hall–Kier alpha value is -6.80. The van der Waals surface area contributed by atoms with Crippen molar-refractivity contribution in [3.8, 4) is 39.5 Å². The molecule has 2 unspecified atom stereocenters. The Kier molecular flexibility index (Phi) is 12.1. The molecule has 6 aliphatic rings. The van der Waals surface area contributed by atoms with Crippen molar-refractivity contribution in [2.24, 2.45) is 17.8 Å². The van der Waals surface area contributed by atoms with Crippen LogP contribution in [0.5, 0.6) is 5.75 Å². The second kappa shape index (κ2) is 18.5. The van der Waals surface area contributed by atoms with E-state index in [2.05, 4.69) is 26.7 Å². The Labute approximate surface area is 431 Å². The number of H-pyrrole nitrogens is 2. The average Bonchev–Trinajstić information content (AvgIpc) is 3.86. The number of methoxy groups -OCH3 is 2. The summed E-state index contributed by atoms with van der Waals surface area (Å²) in [5.41, 5.74) is 4.12. The van der Waals surface area contributed by atoms with Crippen LogP contribution < -0.4 is 15.4 Å². The number of aromatic amines is 2. The van der Waals surface area contributed by atoms with Gasteiger partial charge in [0, 0.05) is 46.8 Å². The molecule has 12 rings (SSSR count). The molecular formula is C54H61FN10O8S. The number of halogens is 1. The number of alkyl carbamates (subject to hydrolysis) is 2. The van der Waals surface area contributed by atoms with Gasteiger partial charge in [0.25, 0.3) is 0 Å². The van der Waals surface area contributed by atoms with E-state index in [-0.39, 0.29) is 41.8 Å². The largest absolute Gasteiger partial charge is 0.462 e. The molecule has 2 aliphatic carbocycles. The highest BCUT2D eigenvalue weighted by Gasteiger charge is 2.57. The maximum absolute atomic E-state index is 17.0. The summed E-state index contributed by atoms with van der Waals surface area (Å²) in [6.45, 7) is 8.77. The number of rotatable bonds is 12. The van der Waals surface area contributed by atoms with Gasteiger partial charge in [0.15, 0.2) is 5.01 Å². The van der Waals surface area contributed by atoms with Gasteiger partial charge in [-0.1, -0.05) is 19.9 Å². The van der Waals surface area contributed by atoms with Gasteiger partial charge in [-0.05, 0) is 119 Å². The molecule has 20 heteroatoms. The summed E-state index contributed by atoms with van der Waals surface area (Å²) in [7, 11) is 2.58. The smallest absolute Gasteiger partial charge is 0.407 e. The van der Waals surface area contributed by atoms with E-state index in [9.17, 15) is 19.2 Å². The first-order valence-electron chi connectivity index (χ1n) is 25.8. The standard InChI is InChI=1S/C54H61FN10O8S/c1-26(2)44(61-52(68)70-5)49(66)63-14-7-8-37(63)46-56-24-35(60-46)30-17-33(55)43-39-19-31-16-28(11-12-36(31)65(39)51(73-41(43)21-30)48-58-25-42(74-48)27-9-10-27)34-23-57-47(59-34)40-20-32-18-38(32)64(40)50(67)45(62-53(69)71-6)29-13-15-72-54(3,4)22-29/h11-12,16-17,19,21,23-27,29,32,37-38,40,44-45,51H,7-10,13-15,18,20,22H2,1-6H3,(H,56,60)(H,57,59)(H,61,68)(H,62,69)/t29?,32-,37+,38-,40+,44+,45+,51?/m1/s1. The number of imidazole rings is 2. The fourth-order valence-electron chi connectivity index (χ4n) is 12.0. The van der Waals surface area contributed by atoms with Gasteiger partial charge in [0.05, 0.1) is 72.5 Å². The fraction of sp³-hybridized carbons (Fsp3) is 0.500. The Morgan fingerprint density at radius 2 is 1.61 bits per heavy atom. The van der Waals surface area contributed by atoms with Gasteiger partial charge >= 0.3 is 12.2 Å². The van der Waals surface area contributed by atoms with E-state index in [1.54, 1.807) is 28.6 Å². The number of ether oxygens (including phenoxy) is 4. The predicted molar refractivity (Wildman–Crippen MR) is 271 cm³/mol. The third-order valence-corrected chi connectivity index (χ3v) is 17.2. The lowest BCUT2D eigenvalue weighted by Crippen LogP contribution is -2.55. The number of nitrogens with zero attached hydrogens (tertiary/aromatic N) is 6. The normalized spacial score (nSPS) is 24.4. The highest BCUT2D eigenvalue weighted by molar-refractivity contribution is 7.11. The van der Waals surface area contributed by atoms with Crippen LogP contribution in [0.15, 0.2) is 55.0 Å². The highest BCUT2D eigenvalue weighted by Crippen LogP contribution is 2.54. The van der Waals surface area contributed by atoms with E-state index in [1.807, 2.05) is 67.6 Å². The maximum Gasteiger partial charge on any atom is 0.407 e. The molecular weight excluding hydrogens is 968 g/mol. The van der Waals surface area contributed by atoms with Crippen molar-refractivity contribution in [2.75, 3.05) is 27.4 Å². The summed E-state index contributed by atoms with van der Waals surface area (Å²) >= 11 is 1.62. The number of fused-ring (bicyclic) bond motifs is 6. The molecule has 6 aromatic rings. The van der Waals surface area contributed by atoms with Crippen LogP contribution in [0.25, 0.3) is 44.7 Å². The monoisotopic (exact) mass is 1030 g/mol. The van der Waals surface area contributed by atoms with Crippen LogP contribution in [-0.4, -0.2) is 114 Å². The Morgan fingerprint density at radius 3 is 2.34 bits per heavy atom. The van der Waals surface area contributed by atoms with Crippen molar-refractivity contribution >= 4 is 46.2 Å². The molecule has 3 saturated heterocycles. The molecule has 8 atom stereocenters. The number of hydrogen-bond acceptors (Lipinski definition) is 12. The van der Waals surface area contributed by atoms with Crippen LogP contribution in [0.4, 0.5) is 14.0 Å². The quantitative estimate of drug-likeness (QED) is 0.0908. The van der Waals surface area contributed by atoms with Crippen LogP contribution in [-0.2, 0) is 23.8 Å². The molecule has 2 saturated carbocycles. The van der Waals surface area contributed by atoms with Crippen LogP contribution in [0, 0.1) is 23.6 Å². The number of likely N-dealkylation sites (tertiary alicyclic amines) is 2. The lowest BCUT2D eigenvalue weighted by Gasteiger charge is -2.40. The van der Waals surface area contributed by atoms with Crippen molar-refractivity contribution < 1.29 is 42.5 Å². The zero-order valence-corrected chi connectivity index (χ0v) is 43.1. The molecule has 0 bridgehead atoms. The molecule has 8 heterocycles. The first-order valence-corrected chi connectivity index (χ1v) is 26.7. The minimum Gasteiger partial charge on any atom is -0.462 e. The zero-order valence-electron chi connectivity index (χ0n) is 42.3. The summed E-state index contributed by atoms with van der Waals surface area (Å²) in [6.07, 6.45) is 10.0. The third kappa shape index (κ3) is 8.66. The number of nitrogens with one attached hydrogen (secondary N) is 4. The average molecular weight is 1030 g/mol. The van der Waals surface area contributed by atoms with Crippen molar-refractivity contribution in [1.29, 1.82) is 0 Å². The Bertz CT molecular complexity index is 3190. The van der Waals surface area contributed by atoms with Crippen LogP contribution in [0.3, 0.4) is 0 Å². The maximum atomic E-state index is 17.0. The lowest BCUT2D eigenvalue weighted by atomic mass is 9.82. The topological polar surface area (TPSA) is 211 Å². The number of benzene rings is 2. The number of hydrogen-bond donors (Lipinski definition) is 4. The number of carbonyl (C=O) groups is 4. The van der Waals surface area contributed by atoms with Crippen molar-refractivity contribution in [1.82, 2.24) is 49.9 Å². The second-order valence-corrected chi connectivity index (χ2v) is 22.9. The van der Waals surface area contributed by atoms with E-state index in [1.165, 1.54) is 25.2 Å². The third-order valence-electron chi connectivity index (χ3n) is 16.0. The van der Waals surface area contributed by atoms with Gasteiger partial charge in [-0.15, -0.1) is 11.3 Å². The van der Waals surface area contributed by atoms with E-state index < -0.39 is 41.9 Å². The summed E-state index contributed by atoms with van der Waals surface area (Å²) in [6, 6.07) is 9.30. The minimum atomic E-state index is -0.776. The first-order chi connectivity index (χ1) is 35.7. The Balaban J connectivity index is 0.849. The first kappa shape index (κ1) is 48.2.